The number of non-ortho nitro benzene ring substituents is 1. The number of sulfonamides is 1. The van der Waals surface area contributed by atoms with E-state index in [0.29, 0.717) is 0 Å². The van der Waals surface area contributed by atoms with Crippen molar-refractivity contribution in [1.82, 2.24) is 0 Å². The lowest BCUT2D eigenvalue weighted by Gasteiger charge is -2.15. The molecule has 1 unspecified atom stereocenters. The topological polar surface area (TPSA) is 162 Å². The van der Waals surface area contributed by atoms with Gasteiger partial charge in [0, 0.05) is 12.1 Å². The van der Waals surface area contributed by atoms with Crippen LogP contribution >= 0.6 is 0 Å². The van der Waals surface area contributed by atoms with Crippen molar-refractivity contribution in [2.24, 2.45) is 5.14 Å². The number of nitro groups is 1. The summed E-state index contributed by atoms with van der Waals surface area (Å²) in [7, 11) is -3.14. The van der Waals surface area contributed by atoms with E-state index in [1.54, 1.807) is 0 Å². The highest BCUT2D eigenvalue weighted by atomic mass is 32.2. The maximum Gasteiger partial charge on any atom is 0.310 e. The van der Waals surface area contributed by atoms with Gasteiger partial charge < -0.3 is 15.2 Å². The van der Waals surface area contributed by atoms with Gasteiger partial charge >= 0.3 is 5.97 Å². The van der Waals surface area contributed by atoms with Crippen LogP contribution in [0.15, 0.2) is 23.1 Å². The molecule has 0 aromatic heterocycles. The summed E-state index contributed by atoms with van der Waals surface area (Å²) in [6.45, 7) is 0. The van der Waals surface area contributed by atoms with Crippen molar-refractivity contribution >= 4 is 27.4 Å². The van der Waals surface area contributed by atoms with Crippen LogP contribution < -0.4 is 10.5 Å². The molecule has 116 valence electrons. The molecule has 0 bridgehead atoms. The van der Waals surface area contributed by atoms with Crippen LogP contribution in [0.25, 0.3) is 0 Å². The Bertz CT molecular complexity index is 659. The van der Waals surface area contributed by atoms with Crippen LogP contribution in [0.1, 0.15) is 6.42 Å². The average Bonchev–Trinajstić information content (AvgIpc) is 2.37. The van der Waals surface area contributed by atoms with Gasteiger partial charge in [0.1, 0.15) is 11.1 Å². The van der Waals surface area contributed by atoms with E-state index in [2.05, 4.69) is 10.1 Å². The minimum atomic E-state index is -4.26. The van der Waals surface area contributed by atoms with Crippen molar-refractivity contribution in [3.8, 4) is 0 Å². The summed E-state index contributed by atoms with van der Waals surface area (Å²) in [5, 5.41) is 27.5. The van der Waals surface area contributed by atoms with Crippen LogP contribution in [-0.4, -0.2) is 37.8 Å². The predicted octanol–water partition coefficient (Wildman–Crippen LogP) is -0.464. The largest absolute Gasteiger partial charge is 0.469 e. The van der Waals surface area contributed by atoms with E-state index in [4.69, 9.17) is 5.14 Å². The molecule has 0 heterocycles. The number of nitrogens with two attached hydrogens (primary N) is 1. The van der Waals surface area contributed by atoms with Crippen LogP contribution in [0.2, 0.25) is 0 Å². The molecule has 0 fully saturated rings. The molecule has 1 rings (SSSR count). The zero-order chi connectivity index (χ0) is 16.2. The minimum absolute atomic E-state index is 0.167. The van der Waals surface area contributed by atoms with E-state index in [1.165, 1.54) is 0 Å². The van der Waals surface area contributed by atoms with Gasteiger partial charge in [0.15, 0.2) is 0 Å². The maximum atomic E-state index is 11.4. The summed E-state index contributed by atoms with van der Waals surface area (Å²) in [5.74, 6) is -0.728. The third-order valence-electron chi connectivity index (χ3n) is 2.39. The number of benzene rings is 1. The van der Waals surface area contributed by atoms with Gasteiger partial charge in [-0.1, -0.05) is 0 Å². The molecule has 0 amide bonds. The molecule has 0 spiro atoms. The normalized spacial score (nSPS) is 12.5. The summed E-state index contributed by atoms with van der Waals surface area (Å²) in [6.07, 6.45) is -1.89. The van der Waals surface area contributed by atoms with Gasteiger partial charge in [-0.05, 0) is 6.07 Å². The Morgan fingerprint density at radius 2 is 2.19 bits per heavy atom. The van der Waals surface area contributed by atoms with Crippen molar-refractivity contribution < 1.29 is 28.0 Å². The smallest absolute Gasteiger partial charge is 0.310 e. The lowest BCUT2D eigenvalue weighted by Crippen LogP contribution is -2.25. The summed E-state index contributed by atoms with van der Waals surface area (Å²) in [4.78, 5) is 20.3. The van der Waals surface area contributed by atoms with E-state index < -0.39 is 44.1 Å². The molecule has 0 aliphatic carbocycles. The predicted molar refractivity (Wildman–Crippen MR) is 70.7 cm³/mol. The SMILES string of the molecule is COC(=O)CC(O)Nc1ccc([N+](=O)[O-])cc1S(N)(=O)=O. The van der Waals surface area contributed by atoms with E-state index in [9.17, 15) is 28.4 Å². The summed E-state index contributed by atoms with van der Waals surface area (Å²) in [5.41, 5.74) is -0.647. The number of primary sulfonamides is 1. The molecule has 1 aromatic rings. The highest BCUT2D eigenvalue weighted by Crippen LogP contribution is 2.26. The van der Waals surface area contributed by atoms with Crippen LogP contribution in [0.5, 0.6) is 0 Å². The second kappa shape index (κ2) is 6.47. The van der Waals surface area contributed by atoms with Crippen LogP contribution in [-0.2, 0) is 19.6 Å². The molecular formula is C10H13N3O7S. The monoisotopic (exact) mass is 319 g/mol. The second-order valence-corrected chi connectivity index (χ2v) is 5.45. The Morgan fingerprint density at radius 1 is 1.57 bits per heavy atom. The van der Waals surface area contributed by atoms with Crippen molar-refractivity contribution in [3.63, 3.8) is 0 Å². The zero-order valence-corrected chi connectivity index (χ0v) is 11.7. The first-order chi connectivity index (χ1) is 9.65. The maximum absolute atomic E-state index is 11.4. The van der Waals surface area contributed by atoms with Crippen LogP contribution in [0, 0.1) is 10.1 Å². The number of ether oxygens (including phenoxy) is 1. The average molecular weight is 319 g/mol. The molecule has 0 radical (unpaired) electrons. The van der Waals surface area contributed by atoms with E-state index in [1.807, 2.05) is 0 Å². The van der Waals surface area contributed by atoms with Crippen molar-refractivity contribution in [3.05, 3.63) is 28.3 Å². The number of anilines is 1. The molecule has 0 aliphatic rings. The quantitative estimate of drug-likeness (QED) is 0.274. The number of hydrogen-bond donors (Lipinski definition) is 3. The number of methoxy groups -OCH3 is 1. The Balaban J connectivity index is 3.12. The number of nitrogens with zero attached hydrogens (tertiary/aromatic N) is 1. The first-order valence-corrected chi connectivity index (χ1v) is 7.02. The lowest BCUT2D eigenvalue weighted by atomic mass is 10.2. The molecule has 1 aromatic carbocycles. The highest BCUT2D eigenvalue weighted by molar-refractivity contribution is 7.89. The van der Waals surface area contributed by atoms with Crippen LogP contribution in [0.3, 0.4) is 0 Å². The van der Waals surface area contributed by atoms with Gasteiger partial charge in [0.25, 0.3) is 5.69 Å². The highest BCUT2D eigenvalue weighted by Gasteiger charge is 2.21. The molecule has 0 saturated carbocycles. The Morgan fingerprint density at radius 3 is 2.67 bits per heavy atom. The number of rotatable bonds is 6. The summed E-state index contributed by atoms with van der Waals surface area (Å²) < 4.78 is 27.2. The number of carbonyl (C=O) groups is 1. The third kappa shape index (κ3) is 4.66. The van der Waals surface area contributed by atoms with E-state index >= 15 is 0 Å². The Kier molecular flexibility index (Phi) is 5.18. The molecule has 0 saturated heterocycles. The standard InChI is InChI=1S/C10H13N3O7S/c1-20-10(15)5-9(14)12-7-3-2-6(13(16)17)4-8(7)21(11,18)19/h2-4,9,12,14H,5H2,1H3,(H2,11,18,19). The fourth-order valence-corrected chi connectivity index (χ4v) is 2.17. The number of esters is 1. The lowest BCUT2D eigenvalue weighted by molar-refractivity contribution is -0.385. The van der Waals surface area contributed by atoms with Gasteiger partial charge in [-0.3, -0.25) is 14.9 Å². The first kappa shape index (κ1) is 16.8. The zero-order valence-electron chi connectivity index (χ0n) is 10.8. The Labute approximate surface area is 119 Å². The molecule has 11 heteroatoms. The van der Waals surface area contributed by atoms with Gasteiger partial charge in [0.2, 0.25) is 10.0 Å². The number of aliphatic hydroxyl groups excluding tert-OH is 1. The Hall–Kier alpha value is -2.24. The molecular weight excluding hydrogens is 306 g/mol. The third-order valence-corrected chi connectivity index (χ3v) is 3.34. The van der Waals surface area contributed by atoms with Gasteiger partial charge in [-0.2, -0.15) is 0 Å². The number of nitrogens with one attached hydrogen (secondary N) is 1. The van der Waals surface area contributed by atoms with Crippen molar-refractivity contribution in [1.29, 1.82) is 0 Å². The van der Waals surface area contributed by atoms with E-state index in [0.717, 1.165) is 25.3 Å². The van der Waals surface area contributed by atoms with Gasteiger partial charge in [-0.15, -0.1) is 0 Å². The minimum Gasteiger partial charge on any atom is -0.469 e. The van der Waals surface area contributed by atoms with Crippen molar-refractivity contribution in [2.75, 3.05) is 12.4 Å². The van der Waals surface area contributed by atoms with Crippen molar-refractivity contribution in [2.45, 2.75) is 17.5 Å². The van der Waals surface area contributed by atoms with Gasteiger partial charge in [-0.25, -0.2) is 13.6 Å². The number of nitro benzene ring substituents is 1. The molecule has 0 aliphatic heterocycles. The van der Waals surface area contributed by atoms with Crippen LogP contribution in [0.4, 0.5) is 11.4 Å². The number of hydrogen-bond acceptors (Lipinski definition) is 8. The molecule has 1 atom stereocenters. The second-order valence-electron chi connectivity index (χ2n) is 3.92. The summed E-state index contributed by atoms with van der Waals surface area (Å²) >= 11 is 0. The van der Waals surface area contributed by atoms with Gasteiger partial charge in [0.05, 0.1) is 24.1 Å². The molecule has 4 N–H and O–H groups in total. The van der Waals surface area contributed by atoms with E-state index in [-0.39, 0.29) is 5.69 Å². The summed E-state index contributed by atoms with van der Waals surface area (Å²) in [6, 6.07) is 2.85. The molecule has 21 heavy (non-hydrogen) atoms. The number of aliphatic hydroxyl groups is 1. The molecule has 10 nitrogen and oxygen atoms in total. The first-order valence-electron chi connectivity index (χ1n) is 5.48. The number of carbonyl (C=O) groups excluding carboxylic acids is 1. The fourth-order valence-electron chi connectivity index (χ4n) is 1.45. The fraction of sp³-hybridized carbons (Fsp3) is 0.300.